The minimum absolute atomic E-state index is 0.420. The van der Waals surface area contributed by atoms with E-state index in [1.807, 2.05) is 0 Å². The minimum Gasteiger partial charge on any atom is -0.0850 e. The van der Waals surface area contributed by atoms with Gasteiger partial charge in [-0.05, 0) is 39.0 Å². The van der Waals surface area contributed by atoms with Gasteiger partial charge in [0.2, 0.25) is 0 Å². The number of hydrogen-bond donors (Lipinski definition) is 0. The number of rotatable bonds is 2. The molecule has 1 unspecified atom stereocenters. The standard InChI is InChI=1S/C15H24/c1-6-12(2)9-10-14-13(3)8-7-11-15(14,4)5/h6,8-10,14H,7,11H2,1-5H3/b10-9+,12-6+. The highest BCUT2D eigenvalue weighted by molar-refractivity contribution is 5.24. The van der Waals surface area contributed by atoms with Gasteiger partial charge in [0, 0.05) is 5.92 Å². The topological polar surface area (TPSA) is 0 Å². The van der Waals surface area contributed by atoms with Gasteiger partial charge in [-0.3, -0.25) is 0 Å². The highest BCUT2D eigenvalue weighted by atomic mass is 14.3. The molecule has 0 bridgehead atoms. The van der Waals surface area contributed by atoms with Crippen molar-refractivity contribution in [2.45, 2.75) is 47.5 Å². The second-order valence-electron chi connectivity index (χ2n) is 5.34. The van der Waals surface area contributed by atoms with Crippen LogP contribution in [0.25, 0.3) is 0 Å². The molecular weight excluding hydrogens is 180 g/mol. The van der Waals surface area contributed by atoms with Gasteiger partial charge in [0.15, 0.2) is 0 Å². The summed E-state index contributed by atoms with van der Waals surface area (Å²) in [7, 11) is 0. The summed E-state index contributed by atoms with van der Waals surface area (Å²) >= 11 is 0. The summed E-state index contributed by atoms with van der Waals surface area (Å²) in [6.45, 7) is 11.3. The molecule has 1 aliphatic carbocycles. The smallest absolute Gasteiger partial charge is 0.00285 e. The highest BCUT2D eigenvalue weighted by Gasteiger charge is 2.30. The molecule has 0 radical (unpaired) electrons. The van der Waals surface area contributed by atoms with Crippen molar-refractivity contribution in [2.24, 2.45) is 11.3 Å². The van der Waals surface area contributed by atoms with Crippen LogP contribution in [0.5, 0.6) is 0 Å². The summed E-state index contributed by atoms with van der Waals surface area (Å²) in [6, 6.07) is 0. The van der Waals surface area contributed by atoms with Gasteiger partial charge in [-0.25, -0.2) is 0 Å². The molecule has 0 aromatic heterocycles. The Hall–Kier alpha value is -0.780. The third kappa shape index (κ3) is 3.09. The van der Waals surface area contributed by atoms with E-state index in [0.717, 1.165) is 0 Å². The second kappa shape index (κ2) is 4.83. The van der Waals surface area contributed by atoms with Crippen molar-refractivity contribution in [1.29, 1.82) is 0 Å². The van der Waals surface area contributed by atoms with Crippen molar-refractivity contribution in [3.8, 4) is 0 Å². The van der Waals surface area contributed by atoms with Crippen LogP contribution in [0.3, 0.4) is 0 Å². The van der Waals surface area contributed by atoms with Gasteiger partial charge in [0.05, 0.1) is 0 Å². The first-order valence-electron chi connectivity index (χ1n) is 5.95. The Balaban J connectivity index is 2.86. The average molecular weight is 204 g/mol. The van der Waals surface area contributed by atoms with Crippen molar-refractivity contribution in [1.82, 2.24) is 0 Å². The molecule has 0 nitrogen and oxygen atoms in total. The van der Waals surface area contributed by atoms with Crippen molar-refractivity contribution in [3.05, 3.63) is 35.5 Å². The lowest BCUT2D eigenvalue weighted by Crippen LogP contribution is -2.26. The summed E-state index contributed by atoms with van der Waals surface area (Å²) in [5, 5.41) is 0. The maximum absolute atomic E-state index is 2.39. The zero-order valence-electron chi connectivity index (χ0n) is 10.8. The molecule has 0 aromatic carbocycles. The van der Waals surface area contributed by atoms with E-state index in [4.69, 9.17) is 0 Å². The third-order valence-corrected chi connectivity index (χ3v) is 3.59. The zero-order chi connectivity index (χ0) is 11.5. The van der Waals surface area contributed by atoms with Crippen LogP contribution >= 0.6 is 0 Å². The summed E-state index contributed by atoms with van der Waals surface area (Å²) in [5.74, 6) is 0.612. The Morgan fingerprint density at radius 1 is 1.47 bits per heavy atom. The molecule has 1 rings (SSSR count). The van der Waals surface area contributed by atoms with Crippen molar-refractivity contribution in [2.75, 3.05) is 0 Å². The van der Waals surface area contributed by atoms with Crippen molar-refractivity contribution >= 4 is 0 Å². The molecule has 1 aliphatic rings. The van der Waals surface area contributed by atoms with Crippen LogP contribution in [0.2, 0.25) is 0 Å². The molecule has 0 aliphatic heterocycles. The van der Waals surface area contributed by atoms with E-state index in [9.17, 15) is 0 Å². The normalized spacial score (nSPS) is 26.9. The molecular formula is C15H24. The molecule has 0 heterocycles. The zero-order valence-corrected chi connectivity index (χ0v) is 10.8. The monoisotopic (exact) mass is 204 g/mol. The molecule has 0 aromatic rings. The molecule has 15 heavy (non-hydrogen) atoms. The molecule has 0 saturated heterocycles. The number of allylic oxidation sites excluding steroid dienone is 6. The van der Waals surface area contributed by atoms with E-state index >= 15 is 0 Å². The van der Waals surface area contributed by atoms with Crippen LogP contribution in [0.4, 0.5) is 0 Å². The van der Waals surface area contributed by atoms with Crippen LogP contribution < -0.4 is 0 Å². The lowest BCUT2D eigenvalue weighted by molar-refractivity contribution is 0.255. The first-order valence-corrected chi connectivity index (χ1v) is 5.95. The third-order valence-electron chi connectivity index (χ3n) is 3.59. The minimum atomic E-state index is 0.420. The largest absolute Gasteiger partial charge is 0.0850 e. The van der Waals surface area contributed by atoms with E-state index in [1.54, 1.807) is 0 Å². The van der Waals surface area contributed by atoms with Gasteiger partial charge in [0.25, 0.3) is 0 Å². The lowest BCUT2D eigenvalue weighted by atomic mass is 9.68. The first-order chi connectivity index (χ1) is 6.97. The summed E-state index contributed by atoms with van der Waals surface area (Å²) < 4.78 is 0. The van der Waals surface area contributed by atoms with E-state index in [2.05, 4.69) is 58.9 Å². The van der Waals surface area contributed by atoms with Crippen molar-refractivity contribution < 1.29 is 0 Å². The molecule has 84 valence electrons. The molecule has 0 N–H and O–H groups in total. The van der Waals surface area contributed by atoms with Gasteiger partial charge in [-0.1, -0.05) is 49.3 Å². The van der Waals surface area contributed by atoms with E-state index in [0.29, 0.717) is 11.3 Å². The van der Waals surface area contributed by atoms with Gasteiger partial charge in [-0.15, -0.1) is 0 Å². The van der Waals surface area contributed by atoms with E-state index in [1.165, 1.54) is 24.0 Å². The van der Waals surface area contributed by atoms with Gasteiger partial charge in [0.1, 0.15) is 0 Å². The van der Waals surface area contributed by atoms with Gasteiger partial charge >= 0.3 is 0 Å². The van der Waals surface area contributed by atoms with Gasteiger partial charge in [-0.2, -0.15) is 0 Å². The molecule has 0 saturated carbocycles. The maximum atomic E-state index is 2.39. The summed E-state index contributed by atoms with van der Waals surface area (Å²) in [6.07, 6.45) is 11.7. The molecule has 0 spiro atoms. The maximum Gasteiger partial charge on any atom is 0.00285 e. The fraction of sp³-hybridized carbons (Fsp3) is 0.600. The highest BCUT2D eigenvalue weighted by Crippen LogP contribution is 2.41. The van der Waals surface area contributed by atoms with Crippen LogP contribution in [-0.2, 0) is 0 Å². The molecule has 1 atom stereocenters. The predicted octanol–water partition coefficient (Wildman–Crippen LogP) is 4.89. The van der Waals surface area contributed by atoms with E-state index < -0.39 is 0 Å². The fourth-order valence-electron chi connectivity index (χ4n) is 2.33. The van der Waals surface area contributed by atoms with Crippen LogP contribution in [-0.4, -0.2) is 0 Å². The Labute approximate surface area is 94.8 Å². The molecule has 0 fully saturated rings. The van der Waals surface area contributed by atoms with Crippen LogP contribution in [0.15, 0.2) is 35.5 Å². The lowest BCUT2D eigenvalue weighted by Gasteiger charge is -2.36. The van der Waals surface area contributed by atoms with E-state index in [-0.39, 0.29) is 0 Å². The summed E-state index contributed by atoms with van der Waals surface area (Å²) in [5.41, 5.74) is 3.30. The van der Waals surface area contributed by atoms with Crippen LogP contribution in [0.1, 0.15) is 47.5 Å². The average Bonchev–Trinajstić information content (AvgIpc) is 2.15. The quantitative estimate of drug-likeness (QED) is 0.443. The Bertz CT molecular complexity index is 300. The fourth-order valence-corrected chi connectivity index (χ4v) is 2.33. The molecule has 0 heteroatoms. The van der Waals surface area contributed by atoms with Crippen LogP contribution in [0, 0.1) is 11.3 Å². The molecule has 0 amide bonds. The first kappa shape index (κ1) is 12.3. The Morgan fingerprint density at radius 2 is 2.13 bits per heavy atom. The summed E-state index contributed by atoms with van der Waals surface area (Å²) in [4.78, 5) is 0. The van der Waals surface area contributed by atoms with Gasteiger partial charge < -0.3 is 0 Å². The SMILES string of the molecule is C/C=C(C)/C=C/C1C(C)=CCCC1(C)C. The Morgan fingerprint density at radius 3 is 2.67 bits per heavy atom. The Kier molecular flexibility index (Phi) is 3.96. The number of hydrogen-bond acceptors (Lipinski definition) is 0. The van der Waals surface area contributed by atoms with Crippen molar-refractivity contribution in [3.63, 3.8) is 0 Å². The predicted molar refractivity (Wildman–Crippen MR) is 68.8 cm³/mol. The second-order valence-corrected chi connectivity index (χ2v) is 5.34.